The van der Waals surface area contributed by atoms with Crippen LogP contribution in [0.15, 0.2) is 54.9 Å². The van der Waals surface area contributed by atoms with Crippen molar-refractivity contribution in [2.45, 2.75) is 25.6 Å². The first-order valence-electron chi connectivity index (χ1n) is 8.12. The van der Waals surface area contributed by atoms with Crippen molar-refractivity contribution >= 4 is 6.03 Å². The normalized spacial score (nSPS) is 19.4. The van der Waals surface area contributed by atoms with E-state index in [-0.39, 0.29) is 24.6 Å². The number of aliphatic hydroxyl groups excluding tert-OH is 1. The molecule has 3 rings (SSSR count). The molecule has 3 N–H and O–H groups in total. The minimum atomic E-state index is -0.209. The maximum atomic E-state index is 11.9. The SMILES string of the molecule is O=C(NCc1cnn(Cc2ccccc2)c1)N[C@@H]1C=C[C@H](CO)C1. The van der Waals surface area contributed by atoms with Crippen LogP contribution in [0.2, 0.25) is 0 Å². The summed E-state index contributed by atoms with van der Waals surface area (Å²) in [6, 6.07) is 9.89. The van der Waals surface area contributed by atoms with Gasteiger partial charge in [0.2, 0.25) is 0 Å². The van der Waals surface area contributed by atoms with E-state index in [9.17, 15) is 4.79 Å². The molecule has 1 aliphatic carbocycles. The Morgan fingerprint density at radius 2 is 2.08 bits per heavy atom. The van der Waals surface area contributed by atoms with E-state index in [1.165, 1.54) is 5.56 Å². The Bertz CT molecular complexity index is 696. The quantitative estimate of drug-likeness (QED) is 0.707. The molecule has 6 nitrogen and oxygen atoms in total. The number of rotatable bonds is 6. The summed E-state index contributed by atoms with van der Waals surface area (Å²) in [5.41, 5.74) is 2.14. The highest BCUT2D eigenvalue weighted by Gasteiger charge is 2.19. The molecule has 2 amide bonds. The molecule has 1 aromatic heterocycles. The lowest BCUT2D eigenvalue weighted by Crippen LogP contribution is -2.40. The molecule has 0 aliphatic heterocycles. The summed E-state index contributed by atoms with van der Waals surface area (Å²) in [4.78, 5) is 11.9. The molecule has 0 spiro atoms. The third-order valence-electron chi connectivity index (χ3n) is 4.05. The van der Waals surface area contributed by atoms with Gasteiger partial charge in [-0.1, -0.05) is 42.5 Å². The van der Waals surface area contributed by atoms with Gasteiger partial charge in [-0.2, -0.15) is 5.10 Å². The largest absolute Gasteiger partial charge is 0.396 e. The molecule has 1 aromatic carbocycles. The minimum absolute atomic E-state index is 0.0112. The highest BCUT2D eigenvalue weighted by molar-refractivity contribution is 5.74. The highest BCUT2D eigenvalue weighted by Crippen LogP contribution is 2.16. The zero-order valence-corrected chi connectivity index (χ0v) is 13.4. The van der Waals surface area contributed by atoms with E-state index in [0.717, 1.165) is 12.0 Å². The Kier molecular flexibility index (Phi) is 5.28. The first-order chi connectivity index (χ1) is 11.7. The van der Waals surface area contributed by atoms with Gasteiger partial charge in [0, 0.05) is 36.9 Å². The molecule has 0 fully saturated rings. The molecular formula is C18H22N4O2. The number of hydrogen-bond acceptors (Lipinski definition) is 3. The first kappa shape index (κ1) is 16.3. The number of amides is 2. The predicted molar refractivity (Wildman–Crippen MR) is 91.3 cm³/mol. The number of benzene rings is 1. The van der Waals surface area contributed by atoms with E-state index in [1.807, 2.05) is 41.2 Å². The first-order valence-corrected chi connectivity index (χ1v) is 8.12. The molecule has 0 radical (unpaired) electrons. The van der Waals surface area contributed by atoms with Crippen LogP contribution in [0.4, 0.5) is 4.79 Å². The van der Waals surface area contributed by atoms with Crippen LogP contribution in [-0.4, -0.2) is 33.6 Å². The van der Waals surface area contributed by atoms with Gasteiger partial charge in [0.25, 0.3) is 0 Å². The van der Waals surface area contributed by atoms with Crippen molar-refractivity contribution in [3.05, 3.63) is 66.0 Å². The van der Waals surface area contributed by atoms with Crippen molar-refractivity contribution in [3.63, 3.8) is 0 Å². The molecule has 6 heteroatoms. The summed E-state index contributed by atoms with van der Waals surface area (Å²) in [6.45, 7) is 1.26. The number of aliphatic hydroxyl groups is 1. The second kappa shape index (κ2) is 7.79. The standard InChI is InChI=1S/C18H22N4O2/c23-13-15-6-7-17(8-15)21-18(24)19-9-16-10-20-22(12-16)11-14-4-2-1-3-5-14/h1-7,10,12,15,17,23H,8-9,11,13H2,(H2,19,21,24)/t15-,17+/m0/s1. The van der Waals surface area contributed by atoms with Gasteiger partial charge in [0.05, 0.1) is 12.7 Å². The second-order valence-corrected chi connectivity index (χ2v) is 6.03. The van der Waals surface area contributed by atoms with Crippen LogP contribution in [0.1, 0.15) is 17.5 Å². The van der Waals surface area contributed by atoms with Crippen LogP contribution in [0.3, 0.4) is 0 Å². The summed E-state index contributed by atoms with van der Waals surface area (Å²) in [6.07, 6.45) is 8.32. The maximum absolute atomic E-state index is 11.9. The van der Waals surface area contributed by atoms with Gasteiger partial charge in [-0.05, 0) is 12.0 Å². The van der Waals surface area contributed by atoms with Crippen LogP contribution in [0.25, 0.3) is 0 Å². The lowest BCUT2D eigenvalue weighted by Gasteiger charge is -2.13. The Hall–Kier alpha value is -2.60. The van der Waals surface area contributed by atoms with Gasteiger partial charge >= 0.3 is 6.03 Å². The fourth-order valence-corrected chi connectivity index (χ4v) is 2.77. The number of urea groups is 1. The molecule has 0 bridgehead atoms. The summed E-state index contributed by atoms with van der Waals surface area (Å²) >= 11 is 0. The van der Waals surface area contributed by atoms with Crippen molar-refractivity contribution < 1.29 is 9.90 Å². The summed E-state index contributed by atoms with van der Waals surface area (Å²) in [5.74, 6) is 0.145. The van der Waals surface area contributed by atoms with Gasteiger partial charge in [-0.15, -0.1) is 0 Å². The smallest absolute Gasteiger partial charge is 0.315 e. The highest BCUT2D eigenvalue weighted by atomic mass is 16.3. The van der Waals surface area contributed by atoms with Crippen molar-refractivity contribution in [1.29, 1.82) is 0 Å². The molecule has 0 saturated heterocycles. The lowest BCUT2D eigenvalue weighted by atomic mass is 10.1. The van der Waals surface area contributed by atoms with Crippen LogP contribution in [0, 0.1) is 5.92 Å². The topological polar surface area (TPSA) is 79.2 Å². The number of carbonyl (C=O) groups excluding carboxylic acids is 1. The van der Waals surface area contributed by atoms with E-state index < -0.39 is 0 Å². The number of carbonyl (C=O) groups is 1. The van der Waals surface area contributed by atoms with Gasteiger partial charge in [0.1, 0.15) is 0 Å². The minimum Gasteiger partial charge on any atom is -0.396 e. The fourth-order valence-electron chi connectivity index (χ4n) is 2.77. The number of nitrogens with zero attached hydrogens (tertiary/aromatic N) is 2. The zero-order chi connectivity index (χ0) is 16.8. The Morgan fingerprint density at radius 1 is 1.25 bits per heavy atom. The molecule has 1 heterocycles. The molecule has 2 atom stereocenters. The predicted octanol–water partition coefficient (Wildman–Crippen LogP) is 1.67. The van der Waals surface area contributed by atoms with Gasteiger partial charge in [0.15, 0.2) is 0 Å². The van der Waals surface area contributed by atoms with E-state index >= 15 is 0 Å². The van der Waals surface area contributed by atoms with E-state index in [4.69, 9.17) is 5.11 Å². The van der Waals surface area contributed by atoms with Gasteiger partial charge < -0.3 is 15.7 Å². The van der Waals surface area contributed by atoms with E-state index in [0.29, 0.717) is 13.1 Å². The van der Waals surface area contributed by atoms with E-state index in [1.54, 1.807) is 6.20 Å². The average molecular weight is 326 g/mol. The third-order valence-corrected chi connectivity index (χ3v) is 4.05. The summed E-state index contributed by atoms with van der Waals surface area (Å²) < 4.78 is 1.86. The van der Waals surface area contributed by atoms with Crippen LogP contribution >= 0.6 is 0 Å². The van der Waals surface area contributed by atoms with Crippen LogP contribution in [0.5, 0.6) is 0 Å². The molecule has 24 heavy (non-hydrogen) atoms. The monoisotopic (exact) mass is 326 g/mol. The van der Waals surface area contributed by atoms with Crippen molar-refractivity contribution in [3.8, 4) is 0 Å². The molecular weight excluding hydrogens is 304 g/mol. The van der Waals surface area contributed by atoms with Crippen molar-refractivity contribution in [2.75, 3.05) is 6.61 Å². The summed E-state index contributed by atoms with van der Waals surface area (Å²) in [5, 5.41) is 19.1. The molecule has 1 aliphatic rings. The van der Waals surface area contributed by atoms with E-state index in [2.05, 4.69) is 27.9 Å². The Balaban J connectivity index is 1.44. The Labute approximate surface area is 141 Å². The maximum Gasteiger partial charge on any atom is 0.315 e. The van der Waals surface area contributed by atoms with Crippen LogP contribution < -0.4 is 10.6 Å². The molecule has 0 saturated carbocycles. The second-order valence-electron chi connectivity index (χ2n) is 6.03. The zero-order valence-electron chi connectivity index (χ0n) is 13.4. The van der Waals surface area contributed by atoms with Crippen molar-refractivity contribution in [2.24, 2.45) is 5.92 Å². The molecule has 0 unspecified atom stereocenters. The number of hydrogen-bond donors (Lipinski definition) is 3. The third kappa shape index (κ3) is 4.45. The van der Waals surface area contributed by atoms with Gasteiger partial charge in [-0.25, -0.2) is 4.79 Å². The average Bonchev–Trinajstić information content (AvgIpc) is 3.23. The molecule has 2 aromatic rings. The lowest BCUT2D eigenvalue weighted by molar-refractivity contribution is 0.231. The molecule has 126 valence electrons. The van der Waals surface area contributed by atoms with Crippen LogP contribution in [-0.2, 0) is 13.1 Å². The fraction of sp³-hybridized carbons (Fsp3) is 0.333. The van der Waals surface area contributed by atoms with Gasteiger partial charge in [-0.3, -0.25) is 4.68 Å². The number of aromatic nitrogens is 2. The Morgan fingerprint density at radius 3 is 2.83 bits per heavy atom. The van der Waals surface area contributed by atoms with Crippen molar-refractivity contribution in [1.82, 2.24) is 20.4 Å². The summed E-state index contributed by atoms with van der Waals surface area (Å²) in [7, 11) is 0. The number of nitrogens with one attached hydrogen (secondary N) is 2.